The van der Waals surface area contributed by atoms with E-state index in [0.717, 1.165) is 23.3 Å². The maximum absolute atomic E-state index is 4.30. The first-order chi connectivity index (χ1) is 13.3. The fourth-order valence-corrected chi connectivity index (χ4v) is 3.35. The van der Waals surface area contributed by atoms with Crippen LogP contribution in [0, 0.1) is 12.8 Å². The van der Waals surface area contributed by atoms with Crippen LogP contribution in [0.3, 0.4) is 0 Å². The van der Waals surface area contributed by atoms with Gasteiger partial charge >= 0.3 is 0 Å². The molecule has 2 aromatic rings. The van der Waals surface area contributed by atoms with Gasteiger partial charge in [0.1, 0.15) is 0 Å². The van der Waals surface area contributed by atoms with E-state index < -0.39 is 0 Å². The lowest BCUT2D eigenvalue weighted by Gasteiger charge is -2.22. The van der Waals surface area contributed by atoms with Gasteiger partial charge in [0.05, 0.1) is 6.04 Å². The molecule has 0 aliphatic carbocycles. The fraction of sp³-hybridized carbons (Fsp3) is 0.259. The third-order valence-electron chi connectivity index (χ3n) is 4.97. The molecule has 146 valence electrons. The summed E-state index contributed by atoms with van der Waals surface area (Å²) >= 11 is 0. The molecule has 28 heavy (non-hydrogen) atoms. The topological polar surface area (TPSA) is 12.0 Å². The minimum atomic E-state index is 0.0847. The van der Waals surface area contributed by atoms with Crippen LogP contribution in [-0.2, 0) is 0 Å². The zero-order valence-electron chi connectivity index (χ0n) is 17.8. The lowest BCUT2D eigenvalue weighted by atomic mass is 9.92. The highest BCUT2D eigenvalue weighted by Crippen LogP contribution is 2.26. The number of aryl methyl sites for hydroxylation is 1. The molecule has 0 spiro atoms. The van der Waals surface area contributed by atoms with Crippen LogP contribution in [0.1, 0.15) is 49.9 Å². The molecule has 2 aromatic carbocycles. The molecule has 0 aromatic heterocycles. The number of hydrogen-bond acceptors (Lipinski definition) is 1. The Morgan fingerprint density at radius 2 is 1.57 bits per heavy atom. The van der Waals surface area contributed by atoms with Crippen LogP contribution in [-0.4, -0.2) is 0 Å². The Labute approximate surface area is 171 Å². The van der Waals surface area contributed by atoms with Crippen molar-refractivity contribution in [3.8, 4) is 0 Å². The molecule has 0 amide bonds. The summed E-state index contributed by atoms with van der Waals surface area (Å²) in [6.45, 7) is 21.2. The van der Waals surface area contributed by atoms with Gasteiger partial charge in [-0.1, -0.05) is 104 Å². The molecule has 0 fully saturated rings. The van der Waals surface area contributed by atoms with Crippen molar-refractivity contribution in [3.63, 3.8) is 0 Å². The third kappa shape index (κ3) is 6.13. The molecule has 0 bridgehead atoms. The first-order valence-electron chi connectivity index (χ1n) is 9.85. The fourth-order valence-electron chi connectivity index (χ4n) is 3.35. The Bertz CT molecular complexity index is 853. The Morgan fingerprint density at radius 3 is 2.14 bits per heavy atom. The van der Waals surface area contributed by atoms with Crippen molar-refractivity contribution in [3.05, 3.63) is 114 Å². The first kappa shape index (κ1) is 21.5. The second-order valence-electron chi connectivity index (χ2n) is 7.81. The molecule has 0 heterocycles. The molecule has 0 saturated heterocycles. The van der Waals surface area contributed by atoms with Crippen molar-refractivity contribution < 1.29 is 0 Å². The summed E-state index contributed by atoms with van der Waals surface area (Å²) in [4.78, 5) is 0. The summed E-state index contributed by atoms with van der Waals surface area (Å²) in [7, 11) is 0. The Morgan fingerprint density at radius 1 is 0.964 bits per heavy atom. The molecule has 2 rings (SSSR count). The highest BCUT2D eigenvalue weighted by atomic mass is 14.9. The van der Waals surface area contributed by atoms with Crippen molar-refractivity contribution in [2.45, 2.75) is 40.2 Å². The monoisotopic (exact) mass is 371 g/mol. The molecule has 2 unspecified atom stereocenters. The molecular formula is C27H33N. The van der Waals surface area contributed by atoms with Gasteiger partial charge in [-0.25, -0.2) is 0 Å². The number of rotatable bonds is 9. The zero-order chi connectivity index (χ0) is 20.7. The summed E-state index contributed by atoms with van der Waals surface area (Å²) in [6.07, 6.45) is 3.09. The van der Waals surface area contributed by atoms with Crippen LogP contribution >= 0.6 is 0 Å². The van der Waals surface area contributed by atoms with Gasteiger partial charge in [-0.2, -0.15) is 0 Å². The molecule has 0 saturated carbocycles. The predicted molar refractivity (Wildman–Crippen MR) is 124 cm³/mol. The highest BCUT2D eigenvalue weighted by molar-refractivity contribution is 5.66. The van der Waals surface area contributed by atoms with Crippen LogP contribution in [0.2, 0.25) is 0 Å². The van der Waals surface area contributed by atoms with E-state index in [4.69, 9.17) is 0 Å². The van der Waals surface area contributed by atoms with Gasteiger partial charge in [0.15, 0.2) is 0 Å². The summed E-state index contributed by atoms with van der Waals surface area (Å²) in [5, 5.41) is 3.55. The Kier molecular flexibility index (Phi) is 7.63. The second kappa shape index (κ2) is 9.94. The van der Waals surface area contributed by atoms with E-state index in [-0.39, 0.29) is 12.0 Å². The van der Waals surface area contributed by atoms with Crippen LogP contribution in [0.25, 0.3) is 5.57 Å². The van der Waals surface area contributed by atoms with Crippen LogP contribution in [0.15, 0.2) is 97.3 Å². The lowest BCUT2D eigenvalue weighted by molar-refractivity contribution is 0.666. The van der Waals surface area contributed by atoms with E-state index in [1.807, 2.05) is 13.0 Å². The van der Waals surface area contributed by atoms with E-state index in [2.05, 4.69) is 100 Å². The smallest absolute Gasteiger partial charge is 0.0719 e. The summed E-state index contributed by atoms with van der Waals surface area (Å²) < 4.78 is 0. The summed E-state index contributed by atoms with van der Waals surface area (Å²) in [5.74, 6) is 0.279. The normalized spacial score (nSPS) is 13.5. The molecule has 0 aliphatic rings. The van der Waals surface area contributed by atoms with Gasteiger partial charge in [0.2, 0.25) is 0 Å². The summed E-state index contributed by atoms with van der Waals surface area (Å²) in [5.41, 5.74) is 8.18. The molecular weight excluding hydrogens is 338 g/mol. The highest BCUT2D eigenvalue weighted by Gasteiger charge is 2.13. The van der Waals surface area contributed by atoms with Gasteiger partial charge in [-0.3, -0.25) is 0 Å². The number of nitrogens with one attached hydrogen (secondary N) is 1. The summed E-state index contributed by atoms with van der Waals surface area (Å²) in [6, 6.07) is 19.0. The second-order valence-corrected chi connectivity index (χ2v) is 7.81. The maximum atomic E-state index is 4.30. The van der Waals surface area contributed by atoms with Crippen LogP contribution < -0.4 is 5.32 Å². The molecule has 0 radical (unpaired) electrons. The van der Waals surface area contributed by atoms with E-state index in [9.17, 15) is 0 Å². The maximum Gasteiger partial charge on any atom is 0.0719 e. The van der Waals surface area contributed by atoms with Crippen LogP contribution in [0.5, 0.6) is 0 Å². The van der Waals surface area contributed by atoms with Crippen molar-refractivity contribution in [2.24, 2.45) is 5.92 Å². The van der Waals surface area contributed by atoms with Gasteiger partial charge in [-0.05, 0) is 43.4 Å². The van der Waals surface area contributed by atoms with Crippen molar-refractivity contribution >= 4 is 5.57 Å². The number of allylic oxidation sites excluding steroid dienone is 3. The lowest BCUT2D eigenvalue weighted by Crippen LogP contribution is -2.21. The standard InChI is InChI=1S/C27H33N/c1-19(2)27(26-11-9-8-10-12-26)28-23(6)18-21(4)17-22(5)24(7)25-15-13-20(3)14-16-25/h8-17,22,27-28H,1,6-7,18H2,2-5H3/b21-17+. The molecule has 1 N–H and O–H groups in total. The first-order valence-corrected chi connectivity index (χ1v) is 9.85. The van der Waals surface area contributed by atoms with Gasteiger partial charge < -0.3 is 5.32 Å². The number of hydrogen-bond donors (Lipinski definition) is 1. The van der Waals surface area contributed by atoms with E-state index in [0.29, 0.717) is 0 Å². The third-order valence-corrected chi connectivity index (χ3v) is 4.97. The predicted octanol–water partition coefficient (Wildman–Crippen LogP) is 7.40. The average molecular weight is 372 g/mol. The minimum absolute atomic E-state index is 0.0847. The minimum Gasteiger partial charge on any atom is -0.378 e. The largest absolute Gasteiger partial charge is 0.378 e. The van der Waals surface area contributed by atoms with E-state index in [1.54, 1.807) is 0 Å². The van der Waals surface area contributed by atoms with Gasteiger partial charge in [0, 0.05) is 12.1 Å². The van der Waals surface area contributed by atoms with Gasteiger partial charge in [0.25, 0.3) is 0 Å². The average Bonchev–Trinajstić information content (AvgIpc) is 2.66. The molecule has 2 atom stereocenters. The SMILES string of the molecule is C=C(C/C(C)=C/C(C)C(=C)c1ccc(C)cc1)NC(C(=C)C)c1ccccc1. The Hall–Kier alpha value is -2.80. The molecule has 1 heteroatoms. The van der Waals surface area contributed by atoms with Gasteiger partial charge in [-0.15, -0.1) is 0 Å². The van der Waals surface area contributed by atoms with Crippen LogP contribution in [0.4, 0.5) is 0 Å². The number of benzene rings is 2. The zero-order valence-corrected chi connectivity index (χ0v) is 17.8. The van der Waals surface area contributed by atoms with E-state index >= 15 is 0 Å². The Balaban J connectivity index is 2.01. The van der Waals surface area contributed by atoms with Crippen molar-refractivity contribution in [1.82, 2.24) is 5.32 Å². The van der Waals surface area contributed by atoms with E-state index in [1.165, 1.54) is 22.3 Å². The quantitative estimate of drug-likeness (QED) is 0.453. The molecule has 1 nitrogen and oxygen atoms in total. The molecule has 0 aliphatic heterocycles. The van der Waals surface area contributed by atoms with Crippen molar-refractivity contribution in [2.75, 3.05) is 0 Å². The van der Waals surface area contributed by atoms with Crippen molar-refractivity contribution in [1.29, 1.82) is 0 Å².